The Labute approximate surface area is 117 Å². The SMILES string of the molecule is C=C(C)C1(C)Cc2cc3c(C)cc(=O)oc3c(C)c2O1. The number of rotatable bonds is 1. The molecule has 1 unspecified atom stereocenters. The van der Waals surface area contributed by atoms with Gasteiger partial charge in [0.2, 0.25) is 0 Å². The molecule has 0 bridgehead atoms. The molecule has 0 spiro atoms. The van der Waals surface area contributed by atoms with Crippen molar-refractivity contribution in [1.29, 1.82) is 0 Å². The van der Waals surface area contributed by atoms with E-state index in [1.165, 1.54) is 6.07 Å². The van der Waals surface area contributed by atoms with Gasteiger partial charge >= 0.3 is 5.63 Å². The van der Waals surface area contributed by atoms with Crippen LogP contribution in [-0.4, -0.2) is 5.60 Å². The summed E-state index contributed by atoms with van der Waals surface area (Å²) in [6.07, 6.45) is 0.799. The molecule has 1 aromatic carbocycles. The molecule has 3 nitrogen and oxygen atoms in total. The Morgan fingerprint density at radius 3 is 2.70 bits per heavy atom. The van der Waals surface area contributed by atoms with E-state index in [9.17, 15) is 4.79 Å². The van der Waals surface area contributed by atoms with E-state index in [2.05, 4.69) is 12.6 Å². The zero-order valence-corrected chi connectivity index (χ0v) is 12.3. The first kappa shape index (κ1) is 13.0. The van der Waals surface area contributed by atoms with Gasteiger partial charge < -0.3 is 9.15 Å². The third kappa shape index (κ3) is 1.69. The predicted octanol–water partition coefficient (Wildman–Crippen LogP) is 3.68. The maximum atomic E-state index is 11.6. The zero-order valence-electron chi connectivity index (χ0n) is 12.3. The standard InChI is InChI=1S/C17H18O3/c1-9(2)17(5)8-12-7-13-10(3)6-14(18)19-16(13)11(4)15(12)20-17/h6-7H,1,8H2,2-5H3. The number of aryl methyl sites for hydroxylation is 2. The monoisotopic (exact) mass is 270 g/mol. The van der Waals surface area contributed by atoms with Gasteiger partial charge in [0.25, 0.3) is 0 Å². The summed E-state index contributed by atoms with van der Waals surface area (Å²) < 4.78 is 11.5. The van der Waals surface area contributed by atoms with Gasteiger partial charge in [0, 0.05) is 23.4 Å². The molecule has 104 valence electrons. The number of benzene rings is 1. The Kier molecular flexibility index (Phi) is 2.58. The van der Waals surface area contributed by atoms with E-state index in [1.54, 1.807) is 0 Å². The third-order valence-electron chi connectivity index (χ3n) is 4.26. The second kappa shape index (κ2) is 3.98. The van der Waals surface area contributed by atoms with Crippen molar-refractivity contribution in [2.45, 2.75) is 39.7 Å². The van der Waals surface area contributed by atoms with Gasteiger partial charge in [-0.25, -0.2) is 4.79 Å². The van der Waals surface area contributed by atoms with Crippen LogP contribution in [0.2, 0.25) is 0 Å². The van der Waals surface area contributed by atoms with Gasteiger partial charge in [0.1, 0.15) is 16.9 Å². The first-order valence-electron chi connectivity index (χ1n) is 6.74. The molecule has 0 amide bonds. The van der Waals surface area contributed by atoms with E-state index in [4.69, 9.17) is 9.15 Å². The van der Waals surface area contributed by atoms with E-state index in [0.717, 1.165) is 39.8 Å². The first-order chi connectivity index (χ1) is 9.32. The minimum Gasteiger partial charge on any atom is -0.482 e. The largest absolute Gasteiger partial charge is 0.482 e. The van der Waals surface area contributed by atoms with Crippen LogP contribution in [0.3, 0.4) is 0 Å². The van der Waals surface area contributed by atoms with Crippen LogP contribution in [0.5, 0.6) is 5.75 Å². The van der Waals surface area contributed by atoms with Crippen LogP contribution >= 0.6 is 0 Å². The van der Waals surface area contributed by atoms with Gasteiger partial charge in [-0.3, -0.25) is 0 Å². The Bertz CT molecular complexity index is 798. The van der Waals surface area contributed by atoms with Crippen LogP contribution in [0.15, 0.2) is 33.5 Å². The molecule has 1 aliphatic rings. The number of hydrogen-bond donors (Lipinski definition) is 0. The zero-order chi connectivity index (χ0) is 14.7. The van der Waals surface area contributed by atoms with Crippen molar-refractivity contribution >= 4 is 11.0 Å². The quantitative estimate of drug-likeness (QED) is 0.586. The fourth-order valence-corrected chi connectivity index (χ4v) is 2.80. The lowest BCUT2D eigenvalue weighted by Gasteiger charge is -2.24. The topological polar surface area (TPSA) is 39.4 Å². The summed E-state index contributed by atoms with van der Waals surface area (Å²) in [7, 11) is 0. The van der Waals surface area contributed by atoms with Gasteiger partial charge in [-0.1, -0.05) is 6.58 Å². The third-order valence-corrected chi connectivity index (χ3v) is 4.26. The fraction of sp³-hybridized carbons (Fsp3) is 0.353. The molecule has 0 radical (unpaired) electrons. The molecule has 3 rings (SSSR count). The molecule has 0 fully saturated rings. The maximum absolute atomic E-state index is 11.6. The van der Waals surface area contributed by atoms with Gasteiger partial charge in [-0.15, -0.1) is 0 Å². The van der Waals surface area contributed by atoms with Crippen molar-refractivity contribution in [2.24, 2.45) is 0 Å². The predicted molar refractivity (Wildman–Crippen MR) is 79.5 cm³/mol. The van der Waals surface area contributed by atoms with Crippen LogP contribution in [0.4, 0.5) is 0 Å². The van der Waals surface area contributed by atoms with Crippen LogP contribution in [0.25, 0.3) is 11.0 Å². The molecule has 1 atom stereocenters. The van der Waals surface area contributed by atoms with Crippen molar-refractivity contribution in [3.05, 3.63) is 51.4 Å². The van der Waals surface area contributed by atoms with Crippen molar-refractivity contribution in [3.63, 3.8) is 0 Å². The lowest BCUT2D eigenvalue weighted by Crippen LogP contribution is -2.31. The Morgan fingerprint density at radius 2 is 2.05 bits per heavy atom. The average Bonchev–Trinajstić information content (AvgIpc) is 2.70. The molecule has 1 aromatic heterocycles. The van der Waals surface area contributed by atoms with Crippen LogP contribution in [-0.2, 0) is 6.42 Å². The molecule has 3 heteroatoms. The van der Waals surface area contributed by atoms with E-state index >= 15 is 0 Å². The average molecular weight is 270 g/mol. The van der Waals surface area contributed by atoms with E-state index in [1.807, 2.05) is 27.7 Å². The molecule has 2 heterocycles. The van der Waals surface area contributed by atoms with E-state index in [0.29, 0.717) is 5.58 Å². The summed E-state index contributed by atoms with van der Waals surface area (Å²) in [6, 6.07) is 3.60. The van der Waals surface area contributed by atoms with Crippen molar-refractivity contribution in [2.75, 3.05) is 0 Å². The smallest absolute Gasteiger partial charge is 0.336 e. The van der Waals surface area contributed by atoms with Crippen molar-refractivity contribution in [1.82, 2.24) is 0 Å². The Balaban J connectivity index is 2.31. The number of ether oxygens (including phenoxy) is 1. The molecule has 0 saturated carbocycles. The maximum Gasteiger partial charge on any atom is 0.336 e. The van der Waals surface area contributed by atoms with Gasteiger partial charge in [0.15, 0.2) is 0 Å². The minimum atomic E-state index is -0.376. The lowest BCUT2D eigenvalue weighted by molar-refractivity contribution is 0.156. The summed E-state index contributed by atoms with van der Waals surface area (Å²) in [5.41, 5.74) is 3.90. The second-order valence-corrected chi connectivity index (χ2v) is 5.90. The summed E-state index contributed by atoms with van der Waals surface area (Å²) >= 11 is 0. The fourth-order valence-electron chi connectivity index (χ4n) is 2.80. The lowest BCUT2D eigenvalue weighted by atomic mass is 9.92. The second-order valence-electron chi connectivity index (χ2n) is 5.90. The van der Waals surface area contributed by atoms with Crippen molar-refractivity contribution in [3.8, 4) is 5.75 Å². The minimum absolute atomic E-state index is 0.321. The highest BCUT2D eigenvalue weighted by atomic mass is 16.5. The summed E-state index contributed by atoms with van der Waals surface area (Å²) in [5.74, 6) is 0.830. The summed E-state index contributed by atoms with van der Waals surface area (Å²) in [4.78, 5) is 11.6. The van der Waals surface area contributed by atoms with E-state index < -0.39 is 0 Å². The highest BCUT2D eigenvalue weighted by Gasteiger charge is 2.37. The van der Waals surface area contributed by atoms with Crippen LogP contribution in [0, 0.1) is 13.8 Å². The molecule has 1 aliphatic heterocycles. The molecule has 0 saturated heterocycles. The Hall–Kier alpha value is -2.03. The summed E-state index contributed by atoms with van der Waals surface area (Å²) in [5, 5.41) is 0.982. The van der Waals surface area contributed by atoms with Crippen molar-refractivity contribution < 1.29 is 9.15 Å². The van der Waals surface area contributed by atoms with Gasteiger partial charge in [0.05, 0.1) is 0 Å². The molecule has 20 heavy (non-hydrogen) atoms. The molecule has 0 aliphatic carbocycles. The van der Waals surface area contributed by atoms with Crippen LogP contribution < -0.4 is 10.4 Å². The molecule has 2 aromatic rings. The van der Waals surface area contributed by atoms with Gasteiger partial charge in [-0.2, -0.15) is 0 Å². The van der Waals surface area contributed by atoms with Gasteiger partial charge in [-0.05, 0) is 50.5 Å². The molecular weight excluding hydrogens is 252 g/mol. The van der Waals surface area contributed by atoms with E-state index in [-0.39, 0.29) is 11.2 Å². The molecule has 0 N–H and O–H groups in total. The highest BCUT2D eigenvalue weighted by Crippen LogP contribution is 2.43. The van der Waals surface area contributed by atoms with Crippen LogP contribution in [0.1, 0.15) is 30.5 Å². The number of fused-ring (bicyclic) bond motifs is 2. The first-order valence-corrected chi connectivity index (χ1v) is 6.74. The normalized spacial score (nSPS) is 20.8. The molecular formula is C17H18O3. The highest BCUT2D eigenvalue weighted by molar-refractivity contribution is 5.86. The summed E-state index contributed by atoms with van der Waals surface area (Å²) in [6.45, 7) is 11.9. The number of hydrogen-bond acceptors (Lipinski definition) is 3. The Morgan fingerprint density at radius 1 is 1.35 bits per heavy atom.